The summed E-state index contributed by atoms with van der Waals surface area (Å²) in [6, 6.07) is 1.71. The molecule has 0 amide bonds. The van der Waals surface area contributed by atoms with Crippen molar-refractivity contribution in [3.8, 4) is 0 Å². The monoisotopic (exact) mass is 325 g/mol. The molecule has 1 N–H and O–H groups in total. The van der Waals surface area contributed by atoms with Crippen LogP contribution < -0.4 is 4.90 Å². The quantitative estimate of drug-likeness (QED) is 0.878. The van der Waals surface area contributed by atoms with E-state index in [1.807, 2.05) is 6.92 Å². The third-order valence-electron chi connectivity index (χ3n) is 2.51. The van der Waals surface area contributed by atoms with E-state index >= 15 is 0 Å². The van der Waals surface area contributed by atoms with E-state index < -0.39 is 19.3 Å². The van der Waals surface area contributed by atoms with Gasteiger partial charge in [-0.15, -0.1) is 11.3 Å². The van der Waals surface area contributed by atoms with Crippen molar-refractivity contribution in [2.45, 2.75) is 13.1 Å². The fourth-order valence-electron chi connectivity index (χ4n) is 1.84. The van der Waals surface area contributed by atoms with Gasteiger partial charge in [-0.25, -0.2) is 4.98 Å². The molecule has 20 heavy (non-hydrogen) atoms. The van der Waals surface area contributed by atoms with Crippen LogP contribution in [0.1, 0.15) is 4.88 Å². The molecule has 0 saturated heterocycles. The van der Waals surface area contributed by atoms with Gasteiger partial charge in [-0.3, -0.25) is 0 Å². The Hall–Kier alpha value is -1.12. The topological polar surface area (TPSA) is 49.2 Å². The first-order chi connectivity index (χ1) is 9.30. The van der Waals surface area contributed by atoms with Crippen molar-refractivity contribution in [3.63, 3.8) is 0 Å². The number of thiophene rings is 1. The Kier molecular flexibility index (Phi) is 4.36. The first-order valence-corrected chi connectivity index (χ1v) is 6.86. The highest BCUT2D eigenvalue weighted by atomic mass is 35.5. The number of aromatic nitrogens is 2. The van der Waals surface area contributed by atoms with Gasteiger partial charge >= 0.3 is 6.18 Å². The van der Waals surface area contributed by atoms with Crippen LogP contribution >= 0.6 is 22.9 Å². The molecule has 0 aliphatic rings. The molecule has 0 atom stereocenters. The van der Waals surface area contributed by atoms with E-state index in [1.54, 1.807) is 6.07 Å². The molecule has 0 radical (unpaired) electrons. The van der Waals surface area contributed by atoms with Crippen LogP contribution in [0.15, 0.2) is 6.07 Å². The molecule has 0 unspecified atom stereocenters. The number of aliphatic hydroxyl groups excluding tert-OH is 1. The molecule has 110 valence electrons. The van der Waals surface area contributed by atoms with Gasteiger partial charge in [-0.2, -0.15) is 18.2 Å². The Bertz CT molecular complexity index is 617. The summed E-state index contributed by atoms with van der Waals surface area (Å²) >= 11 is 7.09. The lowest BCUT2D eigenvalue weighted by atomic mass is 10.3. The number of aryl methyl sites for hydroxylation is 1. The van der Waals surface area contributed by atoms with Crippen LogP contribution in [0.2, 0.25) is 5.28 Å². The number of hydrogen-bond donors (Lipinski definition) is 1. The molecule has 9 heteroatoms. The summed E-state index contributed by atoms with van der Waals surface area (Å²) in [4.78, 5) is 10.3. The molecule has 0 aliphatic heterocycles. The van der Waals surface area contributed by atoms with Crippen LogP contribution in [0, 0.1) is 6.92 Å². The number of alkyl halides is 3. The van der Waals surface area contributed by atoms with Gasteiger partial charge in [0.25, 0.3) is 0 Å². The molecule has 2 aromatic heterocycles. The Morgan fingerprint density at radius 2 is 2.10 bits per heavy atom. The minimum Gasteiger partial charge on any atom is -0.395 e. The summed E-state index contributed by atoms with van der Waals surface area (Å²) in [6.07, 6.45) is -4.40. The van der Waals surface area contributed by atoms with Crippen molar-refractivity contribution in [3.05, 3.63) is 16.2 Å². The van der Waals surface area contributed by atoms with Crippen molar-refractivity contribution >= 4 is 39.0 Å². The highest BCUT2D eigenvalue weighted by Gasteiger charge is 2.32. The summed E-state index contributed by atoms with van der Waals surface area (Å²) in [5.74, 6) is 0.0933. The maximum Gasteiger partial charge on any atom is 0.405 e. The van der Waals surface area contributed by atoms with Gasteiger partial charge in [0.15, 0.2) is 0 Å². The van der Waals surface area contributed by atoms with E-state index in [2.05, 4.69) is 9.97 Å². The highest BCUT2D eigenvalue weighted by Crippen LogP contribution is 2.32. The van der Waals surface area contributed by atoms with Crippen molar-refractivity contribution in [2.75, 3.05) is 24.6 Å². The molecule has 2 rings (SSSR count). The summed E-state index contributed by atoms with van der Waals surface area (Å²) in [5.41, 5.74) is 0. The minimum atomic E-state index is -4.40. The van der Waals surface area contributed by atoms with Gasteiger partial charge in [0.05, 0.1) is 12.0 Å². The highest BCUT2D eigenvalue weighted by molar-refractivity contribution is 7.18. The molecule has 2 aromatic rings. The van der Waals surface area contributed by atoms with Gasteiger partial charge in [0.2, 0.25) is 5.28 Å². The maximum absolute atomic E-state index is 12.6. The second-order valence-electron chi connectivity index (χ2n) is 4.15. The Morgan fingerprint density at radius 1 is 1.40 bits per heavy atom. The van der Waals surface area contributed by atoms with Crippen LogP contribution in [-0.2, 0) is 0 Å². The predicted molar refractivity (Wildman–Crippen MR) is 72.5 cm³/mol. The molecule has 0 aromatic carbocycles. The molecule has 0 fully saturated rings. The standard InChI is InChI=1S/C11H11ClF3N3OS/c1-6-4-7-8(16-10(12)17-9(7)20-6)18(2-3-19)5-11(13,14)15/h4,19H,2-3,5H2,1H3. The number of halogens is 4. The molecule has 0 bridgehead atoms. The van der Waals surface area contributed by atoms with E-state index in [0.29, 0.717) is 10.2 Å². The second-order valence-corrected chi connectivity index (χ2v) is 5.73. The van der Waals surface area contributed by atoms with E-state index in [4.69, 9.17) is 16.7 Å². The lowest BCUT2D eigenvalue weighted by molar-refractivity contribution is -0.119. The zero-order valence-electron chi connectivity index (χ0n) is 10.4. The lowest BCUT2D eigenvalue weighted by Crippen LogP contribution is -2.37. The summed E-state index contributed by atoms with van der Waals surface area (Å²) in [7, 11) is 0. The van der Waals surface area contributed by atoms with Crippen molar-refractivity contribution in [2.24, 2.45) is 0 Å². The fraction of sp³-hybridized carbons (Fsp3) is 0.455. The average molecular weight is 326 g/mol. The molecule has 0 saturated carbocycles. The number of anilines is 1. The van der Waals surface area contributed by atoms with Crippen LogP contribution in [0.4, 0.5) is 19.0 Å². The van der Waals surface area contributed by atoms with E-state index in [-0.39, 0.29) is 17.6 Å². The summed E-state index contributed by atoms with van der Waals surface area (Å²) in [5, 5.41) is 9.36. The SMILES string of the molecule is Cc1cc2c(N(CCO)CC(F)(F)F)nc(Cl)nc2s1. The predicted octanol–water partition coefficient (Wildman–Crippen LogP) is 3.01. The number of fused-ring (bicyclic) bond motifs is 1. The molecule has 2 heterocycles. The van der Waals surface area contributed by atoms with Crippen LogP contribution in [0.3, 0.4) is 0 Å². The van der Waals surface area contributed by atoms with Gasteiger partial charge in [0.1, 0.15) is 17.2 Å². The molecule has 4 nitrogen and oxygen atoms in total. The van der Waals surface area contributed by atoms with Crippen LogP contribution in [-0.4, -0.2) is 40.9 Å². The molecular formula is C11H11ClF3N3OS. The van der Waals surface area contributed by atoms with Crippen molar-refractivity contribution < 1.29 is 18.3 Å². The first kappa shape index (κ1) is 15.3. The number of rotatable bonds is 4. The average Bonchev–Trinajstić information content (AvgIpc) is 2.65. The molecule has 0 aliphatic carbocycles. The third kappa shape index (κ3) is 3.50. The first-order valence-electron chi connectivity index (χ1n) is 5.66. The fourth-order valence-corrected chi connectivity index (χ4v) is 2.93. The van der Waals surface area contributed by atoms with Crippen LogP contribution in [0.5, 0.6) is 0 Å². The zero-order valence-corrected chi connectivity index (χ0v) is 12.0. The van der Waals surface area contributed by atoms with Gasteiger partial charge in [-0.05, 0) is 24.6 Å². The smallest absolute Gasteiger partial charge is 0.395 e. The van der Waals surface area contributed by atoms with Crippen molar-refractivity contribution in [1.29, 1.82) is 0 Å². The van der Waals surface area contributed by atoms with Crippen molar-refractivity contribution in [1.82, 2.24) is 9.97 Å². The largest absolute Gasteiger partial charge is 0.405 e. The number of aliphatic hydroxyl groups is 1. The molecule has 0 spiro atoms. The minimum absolute atomic E-state index is 0.0933. The Balaban J connectivity index is 2.51. The number of hydrogen-bond acceptors (Lipinski definition) is 5. The van der Waals surface area contributed by atoms with Gasteiger partial charge in [-0.1, -0.05) is 0 Å². The summed E-state index contributed by atoms with van der Waals surface area (Å²) < 4.78 is 37.9. The van der Waals surface area contributed by atoms with Gasteiger partial charge < -0.3 is 10.0 Å². The zero-order chi connectivity index (χ0) is 14.9. The van der Waals surface area contributed by atoms with E-state index in [0.717, 1.165) is 9.78 Å². The van der Waals surface area contributed by atoms with E-state index in [9.17, 15) is 13.2 Å². The van der Waals surface area contributed by atoms with Gasteiger partial charge in [0, 0.05) is 11.4 Å². The Morgan fingerprint density at radius 3 is 2.70 bits per heavy atom. The lowest BCUT2D eigenvalue weighted by Gasteiger charge is -2.24. The van der Waals surface area contributed by atoms with E-state index in [1.165, 1.54) is 11.3 Å². The summed E-state index contributed by atoms with van der Waals surface area (Å²) in [6.45, 7) is 0.0221. The number of nitrogens with zero attached hydrogens (tertiary/aromatic N) is 3. The normalized spacial score (nSPS) is 12.1. The van der Waals surface area contributed by atoms with Crippen LogP contribution in [0.25, 0.3) is 10.2 Å². The second kappa shape index (κ2) is 5.71. The Labute approximate surface area is 121 Å². The third-order valence-corrected chi connectivity index (χ3v) is 3.62. The molecular weight excluding hydrogens is 315 g/mol. The maximum atomic E-state index is 12.6.